The van der Waals surface area contributed by atoms with Gasteiger partial charge in [-0.25, -0.2) is 5.43 Å². The second-order valence-corrected chi connectivity index (χ2v) is 6.04. The Morgan fingerprint density at radius 3 is 2.57 bits per heavy atom. The molecule has 0 aliphatic carbocycles. The molecular weight excluding hydrogens is 398 g/mol. The number of carbonyl (C=O) groups is 1. The predicted octanol–water partition coefficient (Wildman–Crippen LogP) is 3.77. The van der Waals surface area contributed by atoms with E-state index in [1.807, 2.05) is 48.5 Å². The molecule has 0 aliphatic heterocycles. The monoisotopic (exact) mass is 409 g/mol. The van der Waals surface area contributed by atoms with E-state index in [9.17, 15) is 4.79 Å². The van der Waals surface area contributed by atoms with E-state index in [1.54, 1.807) is 6.21 Å². The number of halogens is 2. The van der Waals surface area contributed by atoms with E-state index in [0.717, 1.165) is 20.2 Å². The van der Waals surface area contributed by atoms with Gasteiger partial charge in [0.05, 0.1) is 12.8 Å². The Morgan fingerprint density at radius 2 is 1.86 bits per heavy atom. The third kappa shape index (κ3) is 5.69. The standard InChI is InChI=1S/C15H13Br2N3O/c16-12-6-4-11(5-7-12)9-19-20-15(21)10-18-14-3-1-2-13(17)8-14/h1-9,18H,10H2,(H,20,21)/b19-9+. The number of hydrogen-bond acceptors (Lipinski definition) is 3. The molecular formula is C15H13Br2N3O. The minimum atomic E-state index is -0.205. The van der Waals surface area contributed by atoms with Crippen molar-refractivity contribution in [3.8, 4) is 0 Å². The van der Waals surface area contributed by atoms with Crippen molar-refractivity contribution in [1.29, 1.82) is 0 Å². The first-order chi connectivity index (χ1) is 10.1. The molecule has 0 heterocycles. The summed E-state index contributed by atoms with van der Waals surface area (Å²) in [7, 11) is 0. The van der Waals surface area contributed by atoms with Gasteiger partial charge in [0.25, 0.3) is 5.91 Å². The molecule has 0 bridgehead atoms. The third-order valence-corrected chi connectivity index (χ3v) is 3.57. The molecule has 0 aliphatic rings. The molecule has 108 valence electrons. The minimum absolute atomic E-state index is 0.161. The van der Waals surface area contributed by atoms with Crippen molar-refractivity contribution in [2.24, 2.45) is 5.10 Å². The number of nitrogens with one attached hydrogen (secondary N) is 2. The SMILES string of the molecule is O=C(CNc1cccc(Br)c1)N/N=C/c1ccc(Br)cc1. The number of anilines is 1. The van der Waals surface area contributed by atoms with Crippen LogP contribution in [0.25, 0.3) is 0 Å². The maximum atomic E-state index is 11.6. The molecule has 2 aromatic carbocycles. The van der Waals surface area contributed by atoms with E-state index in [0.29, 0.717) is 0 Å². The number of amides is 1. The highest BCUT2D eigenvalue weighted by Crippen LogP contribution is 2.15. The quantitative estimate of drug-likeness (QED) is 0.582. The summed E-state index contributed by atoms with van der Waals surface area (Å²) in [6, 6.07) is 15.3. The Hall–Kier alpha value is -1.66. The van der Waals surface area contributed by atoms with Crippen LogP contribution in [0, 0.1) is 0 Å². The average Bonchev–Trinajstić information content (AvgIpc) is 2.47. The maximum Gasteiger partial charge on any atom is 0.259 e. The molecule has 0 radical (unpaired) electrons. The van der Waals surface area contributed by atoms with Gasteiger partial charge in [-0.15, -0.1) is 0 Å². The van der Waals surface area contributed by atoms with Crippen LogP contribution in [0.1, 0.15) is 5.56 Å². The van der Waals surface area contributed by atoms with Crippen molar-refractivity contribution >= 4 is 49.7 Å². The van der Waals surface area contributed by atoms with Crippen LogP contribution in [0.5, 0.6) is 0 Å². The molecule has 2 aromatic rings. The van der Waals surface area contributed by atoms with Gasteiger partial charge in [0.2, 0.25) is 0 Å². The van der Waals surface area contributed by atoms with Gasteiger partial charge in [0.15, 0.2) is 0 Å². The Bertz CT molecular complexity index is 642. The van der Waals surface area contributed by atoms with E-state index in [1.165, 1.54) is 0 Å². The first kappa shape index (κ1) is 15.7. The molecule has 0 saturated carbocycles. The van der Waals surface area contributed by atoms with E-state index < -0.39 is 0 Å². The highest BCUT2D eigenvalue weighted by Gasteiger charge is 1.99. The lowest BCUT2D eigenvalue weighted by Crippen LogP contribution is -2.25. The van der Waals surface area contributed by atoms with E-state index in [-0.39, 0.29) is 12.5 Å². The molecule has 0 aromatic heterocycles. The Balaban J connectivity index is 1.78. The summed E-state index contributed by atoms with van der Waals surface area (Å²) in [4.78, 5) is 11.6. The summed E-state index contributed by atoms with van der Waals surface area (Å²) in [6.07, 6.45) is 1.60. The lowest BCUT2D eigenvalue weighted by Gasteiger charge is -2.05. The van der Waals surface area contributed by atoms with Crippen molar-refractivity contribution in [2.45, 2.75) is 0 Å². The summed E-state index contributed by atoms with van der Waals surface area (Å²) in [5.41, 5.74) is 4.26. The van der Waals surface area contributed by atoms with Gasteiger partial charge in [-0.3, -0.25) is 4.79 Å². The molecule has 1 amide bonds. The molecule has 6 heteroatoms. The van der Waals surface area contributed by atoms with Crippen LogP contribution in [-0.4, -0.2) is 18.7 Å². The molecule has 21 heavy (non-hydrogen) atoms. The van der Waals surface area contributed by atoms with Gasteiger partial charge >= 0.3 is 0 Å². The molecule has 0 saturated heterocycles. The fourth-order valence-corrected chi connectivity index (χ4v) is 2.21. The molecule has 4 nitrogen and oxygen atoms in total. The number of hydrazone groups is 1. The lowest BCUT2D eigenvalue weighted by molar-refractivity contribution is -0.119. The van der Waals surface area contributed by atoms with Gasteiger partial charge in [-0.1, -0.05) is 50.1 Å². The van der Waals surface area contributed by atoms with Crippen LogP contribution >= 0.6 is 31.9 Å². The fourth-order valence-electron chi connectivity index (χ4n) is 1.55. The first-order valence-electron chi connectivity index (χ1n) is 6.20. The zero-order valence-electron chi connectivity index (χ0n) is 11.0. The predicted molar refractivity (Wildman–Crippen MR) is 92.5 cm³/mol. The first-order valence-corrected chi connectivity index (χ1v) is 7.79. The van der Waals surface area contributed by atoms with Crippen LogP contribution in [0.2, 0.25) is 0 Å². The number of hydrogen-bond donors (Lipinski definition) is 2. The summed E-state index contributed by atoms with van der Waals surface area (Å²) >= 11 is 6.73. The van der Waals surface area contributed by atoms with Crippen molar-refractivity contribution < 1.29 is 4.79 Å². The summed E-state index contributed by atoms with van der Waals surface area (Å²) in [6.45, 7) is 0.161. The van der Waals surface area contributed by atoms with Gasteiger partial charge in [-0.05, 0) is 35.9 Å². The van der Waals surface area contributed by atoms with Crippen molar-refractivity contribution in [3.63, 3.8) is 0 Å². The van der Waals surface area contributed by atoms with Crippen LogP contribution in [0.4, 0.5) is 5.69 Å². The van der Waals surface area contributed by atoms with Crippen molar-refractivity contribution in [2.75, 3.05) is 11.9 Å². The van der Waals surface area contributed by atoms with Gasteiger partial charge < -0.3 is 5.32 Å². The molecule has 0 spiro atoms. The Labute approximate surface area is 139 Å². The van der Waals surface area contributed by atoms with Crippen molar-refractivity contribution in [3.05, 3.63) is 63.0 Å². The summed E-state index contributed by atoms with van der Waals surface area (Å²) < 4.78 is 1.96. The number of benzene rings is 2. The molecule has 2 rings (SSSR count). The largest absolute Gasteiger partial charge is 0.376 e. The van der Waals surface area contributed by atoms with Gasteiger partial charge in [0.1, 0.15) is 0 Å². The topological polar surface area (TPSA) is 53.5 Å². The highest BCUT2D eigenvalue weighted by molar-refractivity contribution is 9.10. The Morgan fingerprint density at radius 1 is 1.10 bits per heavy atom. The van der Waals surface area contributed by atoms with E-state index in [4.69, 9.17) is 0 Å². The van der Waals surface area contributed by atoms with Crippen LogP contribution < -0.4 is 10.7 Å². The molecule has 0 atom stereocenters. The molecule has 0 unspecified atom stereocenters. The zero-order chi connectivity index (χ0) is 15.1. The van der Waals surface area contributed by atoms with Crippen LogP contribution in [0.15, 0.2) is 62.6 Å². The van der Waals surface area contributed by atoms with Gasteiger partial charge in [0, 0.05) is 14.6 Å². The number of carbonyl (C=O) groups excluding carboxylic acids is 1. The zero-order valence-corrected chi connectivity index (χ0v) is 14.2. The summed E-state index contributed by atoms with van der Waals surface area (Å²) in [5.74, 6) is -0.205. The third-order valence-electron chi connectivity index (χ3n) is 2.55. The van der Waals surface area contributed by atoms with Crippen LogP contribution in [-0.2, 0) is 4.79 Å². The molecule has 2 N–H and O–H groups in total. The number of rotatable bonds is 5. The van der Waals surface area contributed by atoms with Crippen molar-refractivity contribution in [1.82, 2.24) is 5.43 Å². The second kappa shape index (κ2) is 7.95. The fraction of sp³-hybridized carbons (Fsp3) is 0.0667. The second-order valence-electron chi connectivity index (χ2n) is 4.21. The van der Waals surface area contributed by atoms with E-state index in [2.05, 4.69) is 47.7 Å². The smallest absolute Gasteiger partial charge is 0.259 e. The summed E-state index contributed by atoms with van der Waals surface area (Å²) in [5, 5.41) is 6.93. The van der Waals surface area contributed by atoms with E-state index >= 15 is 0 Å². The number of nitrogens with zero attached hydrogens (tertiary/aromatic N) is 1. The maximum absolute atomic E-state index is 11.6. The highest BCUT2D eigenvalue weighted by atomic mass is 79.9. The Kier molecular flexibility index (Phi) is 5.95. The molecule has 0 fully saturated rings. The normalized spacial score (nSPS) is 10.6. The minimum Gasteiger partial charge on any atom is -0.376 e. The average molecular weight is 411 g/mol. The lowest BCUT2D eigenvalue weighted by atomic mass is 10.2. The van der Waals surface area contributed by atoms with Crippen LogP contribution in [0.3, 0.4) is 0 Å². The van der Waals surface area contributed by atoms with Gasteiger partial charge in [-0.2, -0.15) is 5.10 Å².